The highest BCUT2D eigenvalue weighted by molar-refractivity contribution is 6.32. The van der Waals surface area contributed by atoms with Crippen LogP contribution in [0.2, 0.25) is 0 Å². The quantitative estimate of drug-likeness (QED) is 0.252. The second-order valence-electron chi connectivity index (χ2n) is 9.01. The topological polar surface area (TPSA) is 58.2 Å². The third kappa shape index (κ3) is 4.08. The van der Waals surface area contributed by atoms with E-state index in [4.69, 9.17) is 0 Å². The van der Waals surface area contributed by atoms with Crippen LogP contribution in [0, 0.1) is 0 Å². The van der Waals surface area contributed by atoms with Crippen molar-refractivity contribution < 1.29 is 22.8 Å². The Bertz CT molecular complexity index is 1740. The van der Waals surface area contributed by atoms with Gasteiger partial charge in [-0.15, -0.1) is 0 Å². The number of ketones is 2. The number of nitrogens with one attached hydrogen (secondary N) is 2. The third-order valence-electron chi connectivity index (χ3n) is 6.57. The van der Waals surface area contributed by atoms with Crippen molar-refractivity contribution in [3.05, 3.63) is 131 Å². The molecule has 0 radical (unpaired) electrons. The molecule has 38 heavy (non-hydrogen) atoms. The van der Waals surface area contributed by atoms with Gasteiger partial charge < -0.3 is 10.6 Å². The van der Waals surface area contributed by atoms with Crippen molar-refractivity contribution in [3.63, 3.8) is 0 Å². The van der Waals surface area contributed by atoms with Gasteiger partial charge in [0.15, 0.2) is 11.6 Å². The van der Waals surface area contributed by atoms with Gasteiger partial charge in [-0.05, 0) is 59.3 Å². The van der Waals surface area contributed by atoms with Gasteiger partial charge >= 0.3 is 6.18 Å². The zero-order valence-corrected chi connectivity index (χ0v) is 19.8. The van der Waals surface area contributed by atoms with E-state index in [9.17, 15) is 22.8 Å². The third-order valence-corrected chi connectivity index (χ3v) is 6.57. The number of hydrogen-bond acceptors (Lipinski definition) is 4. The molecular weight excluding hydrogens is 489 g/mol. The van der Waals surface area contributed by atoms with Gasteiger partial charge in [-0.1, -0.05) is 54.6 Å². The molecule has 0 spiro atoms. The maximum atomic E-state index is 13.7. The molecule has 186 valence electrons. The molecule has 0 unspecified atom stereocenters. The second kappa shape index (κ2) is 8.88. The van der Waals surface area contributed by atoms with Crippen LogP contribution in [0.25, 0.3) is 10.8 Å². The summed E-state index contributed by atoms with van der Waals surface area (Å²) in [5, 5.41) is 7.49. The number of rotatable bonds is 4. The van der Waals surface area contributed by atoms with E-state index in [2.05, 4.69) is 10.6 Å². The van der Waals surface area contributed by atoms with E-state index >= 15 is 0 Å². The summed E-state index contributed by atoms with van der Waals surface area (Å²) in [6, 6.07) is 28.0. The van der Waals surface area contributed by atoms with E-state index in [-0.39, 0.29) is 22.7 Å². The monoisotopic (exact) mass is 508 g/mol. The minimum Gasteiger partial charge on any atom is -0.355 e. The van der Waals surface area contributed by atoms with Crippen LogP contribution >= 0.6 is 0 Å². The number of halogens is 3. The standard InChI is InChI=1S/C31H19F3N2O2/c32-31(33,34)20-14-12-19-17-22(15-13-18(19)16-20)36-26-11-5-9-24-28(26)30(38)23-8-4-10-25(27(23)29(24)37)35-21-6-2-1-3-7-21/h1-17,35-36H. The highest BCUT2D eigenvalue weighted by Crippen LogP contribution is 2.38. The van der Waals surface area contributed by atoms with E-state index in [0.29, 0.717) is 39.0 Å². The van der Waals surface area contributed by atoms with Gasteiger partial charge in [0, 0.05) is 22.5 Å². The lowest BCUT2D eigenvalue weighted by Gasteiger charge is -2.23. The molecule has 1 aliphatic rings. The summed E-state index contributed by atoms with van der Waals surface area (Å²) in [5.74, 6) is -0.555. The Morgan fingerprint density at radius 1 is 0.526 bits per heavy atom. The first-order chi connectivity index (χ1) is 18.3. The maximum Gasteiger partial charge on any atom is 0.416 e. The van der Waals surface area contributed by atoms with E-state index < -0.39 is 11.7 Å². The lowest BCUT2D eigenvalue weighted by atomic mass is 9.82. The Balaban J connectivity index is 1.37. The van der Waals surface area contributed by atoms with Crippen LogP contribution in [0.3, 0.4) is 0 Å². The molecule has 0 saturated heterocycles. The number of anilines is 4. The first kappa shape index (κ1) is 23.5. The number of hydrogen-bond donors (Lipinski definition) is 2. The summed E-state index contributed by atoms with van der Waals surface area (Å²) in [4.78, 5) is 27.3. The molecule has 1 aliphatic carbocycles. The molecule has 0 atom stereocenters. The molecule has 0 amide bonds. The SMILES string of the molecule is O=C1c2cccc(Nc3ccc4cc(C(F)(F)F)ccc4c3)c2C(=O)c2cccc(Nc3ccccc3)c21. The van der Waals surface area contributed by atoms with E-state index in [1.54, 1.807) is 54.6 Å². The summed E-state index contributed by atoms with van der Waals surface area (Å²) in [6.07, 6.45) is -4.42. The first-order valence-corrected chi connectivity index (χ1v) is 11.8. The molecule has 5 aromatic rings. The number of benzene rings is 5. The van der Waals surface area contributed by atoms with Crippen LogP contribution in [0.4, 0.5) is 35.9 Å². The number of fused-ring (bicyclic) bond motifs is 3. The van der Waals surface area contributed by atoms with Gasteiger partial charge in [-0.25, -0.2) is 0 Å². The molecule has 6 rings (SSSR count). The Labute approximate surface area is 215 Å². The molecule has 2 N–H and O–H groups in total. The summed E-state index contributed by atoms with van der Waals surface area (Å²) in [7, 11) is 0. The van der Waals surface area contributed by atoms with E-state index in [0.717, 1.165) is 17.8 Å². The fourth-order valence-corrected chi connectivity index (χ4v) is 4.78. The highest BCUT2D eigenvalue weighted by Gasteiger charge is 2.34. The first-order valence-electron chi connectivity index (χ1n) is 11.8. The summed E-state index contributed by atoms with van der Waals surface area (Å²) in [5.41, 5.74) is 2.81. The largest absolute Gasteiger partial charge is 0.416 e. The van der Waals surface area contributed by atoms with Gasteiger partial charge in [-0.3, -0.25) is 9.59 Å². The lowest BCUT2D eigenvalue weighted by molar-refractivity contribution is -0.137. The number of alkyl halides is 3. The molecule has 0 fully saturated rings. The van der Waals surface area contributed by atoms with Gasteiger partial charge in [0.1, 0.15) is 0 Å². The number of para-hydroxylation sites is 1. The fraction of sp³-hybridized carbons (Fsp3) is 0.0323. The van der Waals surface area contributed by atoms with Gasteiger partial charge in [0.2, 0.25) is 0 Å². The lowest BCUT2D eigenvalue weighted by Crippen LogP contribution is -2.23. The number of carbonyl (C=O) groups is 2. The van der Waals surface area contributed by atoms with Crippen molar-refractivity contribution >= 4 is 45.1 Å². The minimum atomic E-state index is -4.42. The van der Waals surface area contributed by atoms with E-state index in [1.165, 1.54) is 6.07 Å². The van der Waals surface area contributed by atoms with Gasteiger partial charge in [0.05, 0.1) is 28.1 Å². The molecule has 5 aromatic carbocycles. The van der Waals surface area contributed by atoms with Gasteiger partial charge in [-0.2, -0.15) is 13.2 Å². The molecule has 4 nitrogen and oxygen atoms in total. The van der Waals surface area contributed by atoms with Crippen LogP contribution in [0.5, 0.6) is 0 Å². The fourth-order valence-electron chi connectivity index (χ4n) is 4.78. The molecule has 0 bridgehead atoms. The average Bonchev–Trinajstić information content (AvgIpc) is 2.91. The van der Waals surface area contributed by atoms with Crippen LogP contribution in [-0.4, -0.2) is 11.6 Å². The Kier molecular flexibility index (Phi) is 5.49. The summed E-state index contributed by atoms with van der Waals surface area (Å²) >= 11 is 0. The van der Waals surface area contributed by atoms with Crippen molar-refractivity contribution in [2.45, 2.75) is 6.18 Å². The summed E-state index contributed by atoms with van der Waals surface area (Å²) in [6.45, 7) is 0. The Morgan fingerprint density at radius 2 is 1.08 bits per heavy atom. The number of carbonyl (C=O) groups excluding carboxylic acids is 2. The van der Waals surface area contributed by atoms with Crippen LogP contribution in [0.1, 0.15) is 37.4 Å². The highest BCUT2D eigenvalue weighted by atomic mass is 19.4. The van der Waals surface area contributed by atoms with Crippen molar-refractivity contribution in [3.8, 4) is 0 Å². The predicted octanol–water partition coefficient (Wildman–Crippen LogP) is 8.12. The molecule has 0 saturated carbocycles. The predicted molar refractivity (Wildman–Crippen MR) is 142 cm³/mol. The molecule has 0 heterocycles. The minimum absolute atomic E-state index is 0.259. The maximum absolute atomic E-state index is 13.7. The van der Waals surface area contributed by atoms with Crippen molar-refractivity contribution in [2.24, 2.45) is 0 Å². The van der Waals surface area contributed by atoms with Crippen molar-refractivity contribution in [1.29, 1.82) is 0 Å². The molecule has 7 heteroatoms. The summed E-state index contributed by atoms with van der Waals surface area (Å²) < 4.78 is 39.2. The molecule has 0 aromatic heterocycles. The van der Waals surface area contributed by atoms with Crippen LogP contribution < -0.4 is 10.6 Å². The Hall–Kier alpha value is -4.91. The van der Waals surface area contributed by atoms with Crippen molar-refractivity contribution in [1.82, 2.24) is 0 Å². The normalized spacial score (nSPS) is 12.7. The average molecular weight is 508 g/mol. The zero-order chi connectivity index (χ0) is 26.4. The smallest absolute Gasteiger partial charge is 0.355 e. The van der Waals surface area contributed by atoms with Crippen molar-refractivity contribution in [2.75, 3.05) is 10.6 Å². The van der Waals surface area contributed by atoms with Gasteiger partial charge in [0.25, 0.3) is 0 Å². The van der Waals surface area contributed by atoms with Crippen LogP contribution in [0.15, 0.2) is 103 Å². The molecular formula is C31H19F3N2O2. The molecule has 0 aliphatic heterocycles. The Morgan fingerprint density at radius 3 is 1.68 bits per heavy atom. The zero-order valence-electron chi connectivity index (χ0n) is 19.8. The second-order valence-corrected chi connectivity index (χ2v) is 9.01. The van der Waals surface area contributed by atoms with E-state index in [1.807, 2.05) is 30.3 Å². The van der Waals surface area contributed by atoms with Crippen LogP contribution in [-0.2, 0) is 6.18 Å².